The van der Waals surface area contributed by atoms with Gasteiger partial charge in [0, 0.05) is 129 Å². The molecule has 0 spiro atoms. The Bertz CT molecular complexity index is 3100. The minimum Gasteiger partial charge on any atom is -0.481 e. The number of esters is 5. The summed E-state index contributed by atoms with van der Waals surface area (Å²) in [5.41, 5.74) is 6.08. The fourth-order valence-corrected chi connectivity index (χ4v) is 14.1. The summed E-state index contributed by atoms with van der Waals surface area (Å²) < 4.78 is 43.3. The molecule has 8 fully saturated rings. The number of carbonyl (C=O) groups is 9. The van der Waals surface area contributed by atoms with Crippen molar-refractivity contribution in [1.29, 1.82) is 0 Å². The molecule has 35 heteroatoms. The first-order valence-corrected chi connectivity index (χ1v) is 45.7. The van der Waals surface area contributed by atoms with Gasteiger partial charge in [-0.05, 0) is 237 Å². The van der Waals surface area contributed by atoms with E-state index in [1.54, 1.807) is 30.8 Å². The van der Waals surface area contributed by atoms with Crippen LogP contribution in [0.4, 0.5) is 4.79 Å². The third kappa shape index (κ3) is 65.3. The number of benzene rings is 1. The maximum atomic E-state index is 11.3. The highest BCUT2D eigenvalue weighted by Gasteiger charge is 2.41. The van der Waals surface area contributed by atoms with Crippen molar-refractivity contribution in [2.45, 2.75) is 154 Å². The van der Waals surface area contributed by atoms with E-state index < -0.39 is 12.1 Å². The zero-order chi connectivity index (χ0) is 96.6. The van der Waals surface area contributed by atoms with Gasteiger partial charge in [-0.15, -0.1) is 11.8 Å². The number of hydrogen-bond donors (Lipinski definition) is 2. The number of thioether (sulfide) groups is 1. The predicted octanol–water partition coefficient (Wildman–Crippen LogP) is 6.73. The minimum absolute atomic E-state index is 0.0434. The number of ether oxygens (including phenoxy) is 9. The van der Waals surface area contributed by atoms with E-state index in [0.29, 0.717) is 63.5 Å². The average Bonchev–Trinajstić information content (AvgIpc) is 1.67. The van der Waals surface area contributed by atoms with Crippen LogP contribution < -0.4 is 5.73 Å². The van der Waals surface area contributed by atoms with Gasteiger partial charge in [-0.1, -0.05) is 61.1 Å². The van der Waals surface area contributed by atoms with Crippen LogP contribution in [0.2, 0.25) is 0 Å². The normalized spacial score (nSPS) is 22.1. The Labute approximate surface area is 769 Å². The highest BCUT2D eigenvalue weighted by Crippen LogP contribution is 2.37. The SMILES string of the molecule is CC(=O)N1CCN(C)CC1.CC1CN(C)CC(C)O1.CC1COCC(C)N1C.CN(C)CCC(=O)OCc1ccccc1.CN1C=CC(C(N)=O)C=C1.CN1CC=CC1.CN1CCCC(C(=O)O)C1.CN1CCCCC1.CN1CCOC(=O)C1.COC(=O)C1CCN(C)CC1.COC(=O)C1CSC(C)(C)N1C.COC(=O)CCCN(C)C.COC(=O)OCCN(C)C. The fourth-order valence-electron chi connectivity index (χ4n) is 12.8. The van der Waals surface area contributed by atoms with Gasteiger partial charge >= 0.3 is 42.0 Å². The van der Waals surface area contributed by atoms with Gasteiger partial charge in [-0.3, -0.25) is 58.0 Å². The Hall–Kier alpha value is -6.94. The Morgan fingerprint density at radius 1 is 0.559 bits per heavy atom. The molecule has 10 heterocycles. The quantitative estimate of drug-likeness (QED) is 0.0984. The first-order valence-electron chi connectivity index (χ1n) is 44.7. The molecule has 8 saturated heterocycles. The second kappa shape index (κ2) is 72.7. The summed E-state index contributed by atoms with van der Waals surface area (Å²) in [4.78, 5) is 126. The van der Waals surface area contributed by atoms with E-state index in [9.17, 15) is 43.2 Å². The van der Waals surface area contributed by atoms with E-state index in [1.165, 1.54) is 60.8 Å². The molecule has 0 bridgehead atoms. The van der Waals surface area contributed by atoms with E-state index in [4.69, 9.17) is 29.8 Å². The van der Waals surface area contributed by atoms with Crippen molar-refractivity contribution in [3.05, 3.63) is 72.6 Å². The summed E-state index contributed by atoms with van der Waals surface area (Å²) in [6.07, 6.45) is 21.6. The molecule has 34 nitrogen and oxygen atoms in total. The second-order valence-electron chi connectivity index (χ2n) is 34.7. The van der Waals surface area contributed by atoms with Crippen LogP contribution in [0.25, 0.3) is 0 Å². The molecule has 0 saturated carbocycles. The van der Waals surface area contributed by atoms with Gasteiger partial charge in [0.2, 0.25) is 11.8 Å². The lowest BCUT2D eigenvalue weighted by atomic mass is 9.98. The molecular formula is C92H173N15O19S. The molecule has 0 aromatic heterocycles. The van der Waals surface area contributed by atoms with Crippen LogP contribution in [-0.2, 0) is 87.6 Å². The first kappa shape index (κ1) is 122. The number of cyclic esters (lactones) is 1. The van der Waals surface area contributed by atoms with Gasteiger partial charge in [-0.2, -0.15) is 0 Å². The number of nitrogens with two attached hydrogens (primary N) is 1. The number of piperidine rings is 3. The molecular weight excluding hydrogens is 1650 g/mol. The van der Waals surface area contributed by atoms with Crippen LogP contribution in [0.5, 0.6) is 0 Å². The molecule has 736 valence electrons. The van der Waals surface area contributed by atoms with Crippen molar-refractivity contribution < 1.29 is 90.9 Å². The van der Waals surface area contributed by atoms with Crippen LogP contribution in [0.3, 0.4) is 0 Å². The number of likely N-dealkylation sites (N-methyl/N-ethyl adjacent to an activating group) is 7. The van der Waals surface area contributed by atoms with Crippen molar-refractivity contribution >= 4 is 65.5 Å². The van der Waals surface area contributed by atoms with Crippen molar-refractivity contribution in [1.82, 2.24) is 68.6 Å². The largest absolute Gasteiger partial charge is 0.508 e. The number of piperazine rings is 1. The summed E-state index contributed by atoms with van der Waals surface area (Å²) >= 11 is 1.78. The molecule has 1 aromatic carbocycles. The molecule has 2 amide bonds. The summed E-state index contributed by atoms with van der Waals surface area (Å²) in [6.45, 7) is 35.9. The van der Waals surface area contributed by atoms with Gasteiger partial charge < -0.3 is 102 Å². The van der Waals surface area contributed by atoms with Crippen LogP contribution in [-0.4, -0.2) is 460 Å². The molecule has 6 atom stereocenters. The van der Waals surface area contributed by atoms with Crippen molar-refractivity contribution in [2.75, 3.05) is 298 Å². The molecule has 127 heavy (non-hydrogen) atoms. The third-order valence-electron chi connectivity index (χ3n) is 21.5. The van der Waals surface area contributed by atoms with E-state index in [-0.39, 0.29) is 70.3 Å². The number of hydrogen-bond acceptors (Lipinski definition) is 32. The van der Waals surface area contributed by atoms with Crippen molar-refractivity contribution in [3.8, 4) is 0 Å². The molecule has 3 N–H and O–H groups in total. The van der Waals surface area contributed by atoms with Crippen molar-refractivity contribution in [3.63, 3.8) is 0 Å². The molecule has 0 aliphatic carbocycles. The van der Waals surface area contributed by atoms with Gasteiger partial charge in [0.05, 0.1) is 89.5 Å². The standard InChI is InChI=1S/C12H17NO2.C8H15NO2S.C8H15NO2.C7H14N2O.C7H10N2O.C7H13NO2.C7H15NO2.2C7H15NO.C6H13NO3.C6H13N.C5H9NO2.C5H9N/c1-13(2)9-8-12(14)15-10-11-6-4-3-5-7-11;1-8(2)9(3)6(5-12-8)7(10)11-4;1-9-5-3-7(4-6-9)8(10)11-2;1-7(10)9-5-3-8(2)4-6-9;1-9-4-2-6(3-5-9)7(8)10;1-8-4-2-3-6(5-8)7(9)10;1-8(2)6-4-5-7(9)10-3;1-6-4-9-5-7(2)8(6)3;1-6-4-8(3)5-7(2)9-6;1-7(2)4-5-10-6(8)9-3;1-7-5-3-2-4-6-7;1-6-2-3-8-5(7)4-6;1-6-4-2-3-5-6/h3-7H,8-10H2,1-2H3;6H,5H2,1-4H3;7H,3-6H2,1-2H3;3-6H2,1-2H3;2-6H,1H3,(H2,8,10);6H,2-5H2,1H3,(H,9,10);4-6H2,1-3H3;2*6-7H,4-5H2,1-3H3;4-5H2,1-3H3;2-6H2,1H3;2-4H2,1H3;2-3H,4-5H2,1H3. The Balaban J connectivity index is 0. The van der Waals surface area contributed by atoms with Crippen LogP contribution >= 0.6 is 11.8 Å². The highest BCUT2D eigenvalue weighted by molar-refractivity contribution is 8.00. The highest BCUT2D eigenvalue weighted by atomic mass is 32.2. The summed E-state index contributed by atoms with van der Waals surface area (Å²) in [5, 5.41) is 8.63. The number of nitrogens with zero attached hydrogens (tertiary/aromatic N) is 14. The van der Waals surface area contributed by atoms with Gasteiger partial charge in [0.25, 0.3) is 0 Å². The maximum Gasteiger partial charge on any atom is 0.508 e. The number of carbonyl (C=O) groups excluding carboxylic acids is 8. The number of aliphatic carboxylic acids is 1. The number of amides is 2. The smallest absolute Gasteiger partial charge is 0.481 e. The lowest BCUT2D eigenvalue weighted by Crippen LogP contribution is -2.46. The zero-order valence-corrected chi connectivity index (χ0v) is 84.1. The maximum absolute atomic E-state index is 11.3. The average molecular weight is 1830 g/mol. The van der Waals surface area contributed by atoms with Crippen LogP contribution in [0, 0.1) is 17.8 Å². The van der Waals surface area contributed by atoms with E-state index in [2.05, 4.69) is 159 Å². The Kier molecular flexibility index (Phi) is 69.9. The number of carboxylic acid groups (broad SMARTS) is 1. The minimum atomic E-state index is -0.647. The first-order chi connectivity index (χ1) is 59.8. The molecule has 11 rings (SSSR count). The molecule has 10 aliphatic heterocycles. The summed E-state index contributed by atoms with van der Waals surface area (Å²) in [7, 11) is 37.7. The summed E-state index contributed by atoms with van der Waals surface area (Å²) in [5.74, 6) is -0.677. The monoisotopic (exact) mass is 1820 g/mol. The lowest BCUT2D eigenvalue weighted by Gasteiger charge is -2.35. The zero-order valence-electron chi connectivity index (χ0n) is 83.3. The van der Waals surface area contributed by atoms with E-state index in [0.717, 1.165) is 161 Å². The van der Waals surface area contributed by atoms with E-state index >= 15 is 0 Å². The fraction of sp³-hybridized carbons (Fsp3) is 0.772. The van der Waals surface area contributed by atoms with Gasteiger partial charge in [0.1, 0.15) is 25.9 Å². The van der Waals surface area contributed by atoms with Crippen LogP contribution in [0.15, 0.2) is 67.0 Å². The number of morpholine rings is 3. The Morgan fingerprint density at radius 2 is 1.09 bits per heavy atom. The van der Waals surface area contributed by atoms with Gasteiger partial charge in [0.15, 0.2) is 0 Å². The molecule has 0 radical (unpaired) electrons. The second-order valence-corrected chi connectivity index (χ2v) is 36.3. The third-order valence-corrected chi connectivity index (χ3v) is 23.0. The molecule has 6 unspecified atom stereocenters. The van der Waals surface area contributed by atoms with Crippen molar-refractivity contribution in [2.24, 2.45) is 23.5 Å². The summed E-state index contributed by atoms with van der Waals surface area (Å²) in [6, 6.07) is 10.8. The molecule has 10 aliphatic rings. The number of primary amides is 1. The number of methoxy groups -OCH3 is 4. The topological polar surface area (TPSA) is 328 Å². The Morgan fingerprint density at radius 3 is 1.48 bits per heavy atom. The predicted molar refractivity (Wildman–Crippen MR) is 506 cm³/mol. The lowest BCUT2D eigenvalue weighted by molar-refractivity contribution is -0.150. The number of rotatable bonds is 16. The van der Waals surface area contributed by atoms with Crippen LogP contribution in [0.1, 0.15) is 118 Å². The number of carboxylic acids is 1. The van der Waals surface area contributed by atoms with Gasteiger partial charge in [-0.25, -0.2) is 4.79 Å². The number of likely N-dealkylation sites (tertiary alicyclic amines) is 3. The van der Waals surface area contributed by atoms with E-state index in [1.807, 2.05) is 143 Å². The molecule has 1 aromatic rings.